The number of anilines is 1. The smallest absolute Gasteiger partial charge is 0.337 e. The summed E-state index contributed by atoms with van der Waals surface area (Å²) in [7, 11) is 0. The quantitative estimate of drug-likeness (QED) is 0.896. The highest BCUT2D eigenvalue weighted by Gasteiger charge is 2.16. The molecule has 1 aromatic carbocycles. The van der Waals surface area contributed by atoms with Gasteiger partial charge in [0, 0.05) is 12.4 Å². The highest BCUT2D eigenvalue weighted by Crippen LogP contribution is 2.26. The van der Waals surface area contributed by atoms with E-state index in [2.05, 4.69) is 15.3 Å². The summed E-state index contributed by atoms with van der Waals surface area (Å²) < 4.78 is 0. The molecule has 0 aliphatic carbocycles. The minimum Gasteiger partial charge on any atom is -0.478 e. The minimum atomic E-state index is -1.18. The Bertz CT molecular complexity index is 631. The Morgan fingerprint density at radius 1 is 1.21 bits per heavy atom. The minimum absolute atomic E-state index is 0.0468. The number of rotatable bonds is 3. The molecule has 2 aromatic rings. The molecule has 2 N–H and O–H groups in total. The van der Waals surface area contributed by atoms with Gasteiger partial charge in [0.25, 0.3) is 5.91 Å². The molecule has 0 unspecified atom stereocenters. The van der Waals surface area contributed by atoms with Gasteiger partial charge in [-0.05, 0) is 12.1 Å². The molecule has 2 rings (SSSR count). The Morgan fingerprint density at radius 3 is 2.53 bits per heavy atom. The molecular weight excluding hydrogens is 270 g/mol. The number of benzene rings is 1. The molecule has 0 bridgehead atoms. The molecule has 6 nitrogen and oxygen atoms in total. The van der Waals surface area contributed by atoms with Crippen molar-refractivity contribution < 1.29 is 14.7 Å². The van der Waals surface area contributed by atoms with Gasteiger partial charge in [-0.1, -0.05) is 17.7 Å². The number of para-hydroxylation sites is 1. The highest BCUT2D eigenvalue weighted by atomic mass is 35.5. The van der Waals surface area contributed by atoms with Crippen molar-refractivity contribution in [1.29, 1.82) is 0 Å². The largest absolute Gasteiger partial charge is 0.478 e. The van der Waals surface area contributed by atoms with Crippen LogP contribution in [-0.4, -0.2) is 27.0 Å². The number of halogens is 1. The van der Waals surface area contributed by atoms with Crippen LogP contribution in [0.4, 0.5) is 5.69 Å². The SMILES string of the molecule is O=C(Nc1c(Cl)cccc1C(=O)O)c1cncnc1. The van der Waals surface area contributed by atoms with E-state index in [0.717, 1.165) is 0 Å². The maximum atomic E-state index is 11.9. The number of nitrogens with zero attached hydrogens (tertiary/aromatic N) is 2. The van der Waals surface area contributed by atoms with Crippen LogP contribution in [0.3, 0.4) is 0 Å². The van der Waals surface area contributed by atoms with Crippen molar-refractivity contribution in [3.8, 4) is 0 Å². The topological polar surface area (TPSA) is 92.2 Å². The van der Waals surface area contributed by atoms with E-state index in [-0.39, 0.29) is 21.8 Å². The van der Waals surface area contributed by atoms with Crippen molar-refractivity contribution in [3.05, 3.63) is 53.1 Å². The number of carbonyl (C=O) groups excluding carboxylic acids is 1. The number of amides is 1. The number of carboxylic acids is 1. The number of carboxylic acid groups (broad SMARTS) is 1. The third kappa shape index (κ3) is 2.86. The Labute approximate surface area is 113 Å². The molecule has 1 heterocycles. The van der Waals surface area contributed by atoms with E-state index >= 15 is 0 Å². The average molecular weight is 278 g/mol. The Morgan fingerprint density at radius 2 is 1.89 bits per heavy atom. The van der Waals surface area contributed by atoms with Crippen LogP contribution in [0, 0.1) is 0 Å². The van der Waals surface area contributed by atoms with Gasteiger partial charge in [-0.15, -0.1) is 0 Å². The zero-order valence-electron chi connectivity index (χ0n) is 9.50. The summed E-state index contributed by atoms with van der Waals surface area (Å²) in [6.07, 6.45) is 3.92. The first-order valence-corrected chi connectivity index (χ1v) is 5.55. The lowest BCUT2D eigenvalue weighted by molar-refractivity contribution is 0.0698. The molecule has 0 atom stereocenters. The molecule has 0 aliphatic rings. The lowest BCUT2D eigenvalue weighted by Gasteiger charge is -2.09. The second-order valence-corrected chi connectivity index (χ2v) is 3.96. The van der Waals surface area contributed by atoms with Crippen molar-refractivity contribution in [1.82, 2.24) is 9.97 Å². The summed E-state index contributed by atoms with van der Waals surface area (Å²) in [4.78, 5) is 30.4. The van der Waals surface area contributed by atoms with Crippen LogP contribution < -0.4 is 5.32 Å². The molecule has 19 heavy (non-hydrogen) atoms. The zero-order chi connectivity index (χ0) is 13.8. The van der Waals surface area contributed by atoms with Crippen LogP contribution in [0.2, 0.25) is 5.02 Å². The van der Waals surface area contributed by atoms with Crippen molar-refractivity contribution >= 4 is 29.2 Å². The number of aromatic nitrogens is 2. The number of hydrogen-bond donors (Lipinski definition) is 2. The molecule has 0 radical (unpaired) electrons. The van der Waals surface area contributed by atoms with Gasteiger partial charge < -0.3 is 10.4 Å². The van der Waals surface area contributed by atoms with Crippen molar-refractivity contribution in [2.24, 2.45) is 0 Å². The Hall–Kier alpha value is -2.47. The summed E-state index contributed by atoms with van der Waals surface area (Å²) >= 11 is 5.90. The van der Waals surface area contributed by atoms with E-state index in [1.807, 2.05) is 0 Å². The lowest BCUT2D eigenvalue weighted by atomic mass is 10.1. The second-order valence-electron chi connectivity index (χ2n) is 3.55. The van der Waals surface area contributed by atoms with Gasteiger partial charge in [0.05, 0.1) is 21.8 Å². The Kier molecular flexibility index (Phi) is 3.72. The van der Waals surface area contributed by atoms with Gasteiger partial charge >= 0.3 is 5.97 Å². The first kappa shape index (κ1) is 13.0. The number of carbonyl (C=O) groups is 2. The summed E-state index contributed by atoms with van der Waals surface area (Å²) in [6.45, 7) is 0. The molecule has 1 amide bonds. The van der Waals surface area contributed by atoms with Gasteiger partial charge in [0.15, 0.2) is 0 Å². The van der Waals surface area contributed by atoms with Crippen LogP contribution in [-0.2, 0) is 0 Å². The predicted octanol–water partition coefficient (Wildman–Crippen LogP) is 2.08. The van der Waals surface area contributed by atoms with Crippen molar-refractivity contribution in [3.63, 3.8) is 0 Å². The molecule has 0 fully saturated rings. The number of aromatic carboxylic acids is 1. The molecule has 0 saturated carbocycles. The summed E-state index contributed by atoms with van der Waals surface area (Å²) in [5, 5.41) is 11.6. The monoisotopic (exact) mass is 277 g/mol. The fraction of sp³-hybridized carbons (Fsp3) is 0. The fourth-order valence-electron chi connectivity index (χ4n) is 1.43. The molecule has 0 aliphatic heterocycles. The van der Waals surface area contributed by atoms with Gasteiger partial charge in [0.1, 0.15) is 6.33 Å². The van der Waals surface area contributed by atoms with E-state index < -0.39 is 11.9 Å². The fourth-order valence-corrected chi connectivity index (χ4v) is 1.65. The highest BCUT2D eigenvalue weighted by molar-refractivity contribution is 6.34. The Balaban J connectivity index is 2.34. The summed E-state index contributed by atoms with van der Waals surface area (Å²) in [6, 6.07) is 4.34. The summed E-state index contributed by atoms with van der Waals surface area (Å²) in [5.74, 6) is -1.71. The van der Waals surface area contributed by atoms with E-state index in [4.69, 9.17) is 16.7 Å². The number of hydrogen-bond acceptors (Lipinski definition) is 4. The molecule has 1 aromatic heterocycles. The van der Waals surface area contributed by atoms with Crippen LogP contribution in [0.25, 0.3) is 0 Å². The first-order valence-electron chi connectivity index (χ1n) is 5.18. The van der Waals surface area contributed by atoms with Crippen LogP contribution in [0.1, 0.15) is 20.7 Å². The van der Waals surface area contributed by atoms with E-state index in [1.54, 1.807) is 0 Å². The third-order valence-electron chi connectivity index (χ3n) is 2.31. The lowest BCUT2D eigenvalue weighted by Crippen LogP contribution is -2.15. The van der Waals surface area contributed by atoms with Crippen LogP contribution in [0.15, 0.2) is 36.9 Å². The van der Waals surface area contributed by atoms with Gasteiger partial charge in [-0.2, -0.15) is 0 Å². The number of nitrogens with one attached hydrogen (secondary N) is 1. The average Bonchev–Trinajstić information content (AvgIpc) is 2.41. The standard InChI is InChI=1S/C12H8ClN3O3/c13-9-3-1-2-8(12(18)19)10(9)16-11(17)7-4-14-6-15-5-7/h1-6H,(H,16,17)(H,18,19). The maximum absolute atomic E-state index is 11.9. The predicted molar refractivity (Wildman–Crippen MR) is 68.4 cm³/mol. The first-order chi connectivity index (χ1) is 9.09. The maximum Gasteiger partial charge on any atom is 0.337 e. The van der Waals surface area contributed by atoms with Crippen LogP contribution >= 0.6 is 11.6 Å². The van der Waals surface area contributed by atoms with Gasteiger partial charge in [-0.25, -0.2) is 14.8 Å². The van der Waals surface area contributed by atoms with Crippen molar-refractivity contribution in [2.45, 2.75) is 0 Å². The van der Waals surface area contributed by atoms with Gasteiger partial charge in [0.2, 0.25) is 0 Å². The molecule has 0 saturated heterocycles. The van der Waals surface area contributed by atoms with E-state index in [9.17, 15) is 9.59 Å². The molecule has 0 spiro atoms. The van der Waals surface area contributed by atoms with E-state index in [0.29, 0.717) is 0 Å². The molecule has 96 valence electrons. The molecule has 7 heteroatoms. The molecular formula is C12H8ClN3O3. The van der Waals surface area contributed by atoms with Crippen LogP contribution in [0.5, 0.6) is 0 Å². The summed E-state index contributed by atoms with van der Waals surface area (Å²) in [5.41, 5.74) is 0.168. The third-order valence-corrected chi connectivity index (χ3v) is 2.62. The van der Waals surface area contributed by atoms with Crippen molar-refractivity contribution in [2.75, 3.05) is 5.32 Å². The van der Waals surface area contributed by atoms with Gasteiger partial charge in [-0.3, -0.25) is 4.79 Å². The second kappa shape index (κ2) is 5.45. The normalized spacial score (nSPS) is 9.95. The zero-order valence-corrected chi connectivity index (χ0v) is 10.3. The van der Waals surface area contributed by atoms with E-state index in [1.165, 1.54) is 36.9 Å².